The van der Waals surface area contributed by atoms with Gasteiger partial charge in [-0.3, -0.25) is 9.79 Å². The fraction of sp³-hybridized carbons (Fsp3) is 0.231. The summed E-state index contributed by atoms with van der Waals surface area (Å²) in [5.74, 6) is -0.0329. The predicted molar refractivity (Wildman–Crippen MR) is 134 cm³/mol. The zero-order valence-corrected chi connectivity index (χ0v) is 20.1. The van der Waals surface area contributed by atoms with Crippen molar-refractivity contribution in [3.63, 3.8) is 0 Å². The SMILES string of the molecule is O=C1CN(C(O)N2C(c3ccc(Cl)cc3)=NC(c3ccc(Cl)cc3)C2c2cccc(F)c2)CCN1. The Morgan fingerprint density at radius 1 is 1.00 bits per heavy atom. The number of nitrogens with one attached hydrogen (secondary N) is 1. The Balaban J connectivity index is 1.66. The standard InChI is InChI=1S/C26H23Cl2FN4O2/c27-19-8-4-16(5-9-19)23-24(18-2-1-3-21(29)14-18)33(26(35)32-13-12-30-22(34)15-32)25(31-23)17-6-10-20(28)11-7-17/h1-11,14,23-24,26,35H,12-13,15H2,(H,30,34). The number of amides is 1. The highest BCUT2D eigenvalue weighted by atomic mass is 35.5. The molecule has 0 aromatic heterocycles. The lowest BCUT2D eigenvalue weighted by Crippen LogP contribution is -2.58. The van der Waals surface area contributed by atoms with Crippen LogP contribution in [0, 0.1) is 5.82 Å². The number of hydrogen-bond donors (Lipinski definition) is 2. The highest BCUT2D eigenvalue weighted by Gasteiger charge is 2.44. The maximum atomic E-state index is 14.4. The van der Waals surface area contributed by atoms with Gasteiger partial charge < -0.3 is 15.3 Å². The molecule has 3 aromatic rings. The second-order valence-electron chi connectivity index (χ2n) is 8.53. The monoisotopic (exact) mass is 512 g/mol. The van der Waals surface area contributed by atoms with E-state index in [0.717, 1.165) is 11.1 Å². The molecule has 0 bridgehead atoms. The molecule has 2 heterocycles. The number of nitrogens with zero attached hydrogens (tertiary/aromatic N) is 3. The van der Waals surface area contributed by atoms with E-state index < -0.39 is 18.4 Å². The lowest BCUT2D eigenvalue weighted by molar-refractivity contribution is -0.138. The molecule has 3 atom stereocenters. The van der Waals surface area contributed by atoms with Crippen molar-refractivity contribution in [3.8, 4) is 0 Å². The normalized spacial score (nSPS) is 21.5. The smallest absolute Gasteiger partial charge is 0.234 e. The molecule has 180 valence electrons. The quantitative estimate of drug-likeness (QED) is 0.532. The Labute approximate surface area is 212 Å². The Bertz CT molecular complexity index is 1250. The minimum Gasteiger partial charge on any atom is -0.361 e. The summed E-state index contributed by atoms with van der Waals surface area (Å²) in [5.41, 5.74) is 2.26. The molecule has 9 heteroatoms. The van der Waals surface area contributed by atoms with E-state index in [1.807, 2.05) is 30.3 Å². The predicted octanol–water partition coefficient (Wildman–Crippen LogP) is 4.39. The van der Waals surface area contributed by atoms with Crippen molar-refractivity contribution in [1.82, 2.24) is 15.1 Å². The fourth-order valence-electron chi connectivity index (χ4n) is 4.61. The highest BCUT2D eigenvalue weighted by molar-refractivity contribution is 6.31. The van der Waals surface area contributed by atoms with Gasteiger partial charge in [0, 0.05) is 28.7 Å². The second-order valence-corrected chi connectivity index (χ2v) is 9.40. The third-order valence-electron chi connectivity index (χ3n) is 6.25. The summed E-state index contributed by atoms with van der Waals surface area (Å²) in [6.07, 6.45) is -1.18. The molecule has 0 radical (unpaired) electrons. The first-order chi connectivity index (χ1) is 16.9. The Morgan fingerprint density at radius 2 is 1.69 bits per heavy atom. The largest absolute Gasteiger partial charge is 0.361 e. The first-order valence-electron chi connectivity index (χ1n) is 11.2. The molecule has 2 N–H and O–H groups in total. The molecule has 1 fully saturated rings. The van der Waals surface area contributed by atoms with Crippen LogP contribution < -0.4 is 5.32 Å². The van der Waals surface area contributed by atoms with Gasteiger partial charge in [0.1, 0.15) is 17.7 Å². The van der Waals surface area contributed by atoms with E-state index >= 15 is 0 Å². The maximum absolute atomic E-state index is 14.4. The first-order valence-corrected chi connectivity index (χ1v) is 12.0. The summed E-state index contributed by atoms with van der Waals surface area (Å²) in [4.78, 5) is 20.6. The maximum Gasteiger partial charge on any atom is 0.234 e. The molecule has 0 saturated carbocycles. The topological polar surface area (TPSA) is 68.2 Å². The molecular weight excluding hydrogens is 490 g/mol. The average molecular weight is 513 g/mol. The van der Waals surface area contributed by atoms with E-state index in [1.54, 1.807) is 40.1 Å². The Hall–Kier alpha value is -2.97. The molecule has 0 spiro atoms. The van der Waals surface area contributed by atoms with Crippen LogP contribution >= 0.6 is 23.2 Å². The average Bonchev–Trinajstić information content (AvgIpc) is 3.25. The van der Waals surface area contributed by atoms with Gasteiger partial charge in [0.15, 0.2) is 6.35 Å². The number of carbonyl (C=O) groups is 1. The summed E-state index contributed by atoms with van der Waals surface area (Å²) in [6.45, 7) is 0.911. The van der Waals surface area contributed by atoms with Crippen LogP contribution in [0.4, 0.5) is 4.39 Å². The van der Waals surface area contributed by atoms with Gasteiger partial charge in [-0.1, -0.05) is 47.5 Å². The van der Waals surface area contributed by atoms with Crippen molar-refractivity contribution in [3.05, 3.63) is 105 Å². The van der Waals surface area contributed by atoms with Crippen molar-refractivity contribution in [2.75, 3.05) is 19.6 Å². The molecular formula is C26H23Cl2FN4O2. The fourth-order valence-corrected chi connectivity index (χ4v) is 4.86. The van der Waals surface area contributed by atoms with Crippen LogP contribution in [-0.2, 0) is 4.79 Å². The lowest BCUT2D eigenvalue weighted by Gasteiger charge is -2.41. The van der Waals surface area contributed by atoms with Gasteiger partial charge in [-0.05, 0) is 59.7 Å². The van der Waals surface area contributed by atoms with Crippen LogP contribution in [0.15, 0.2) is 77.8 Å². The molecule has 0 aliphatic carbocycles. The Kier molecular flexibility index (Phi) is 6.75. The Morgan fingerprint density at radius 3 is 2.34 bits per heavy atom. The zero-order valence-electron chi connectivity index (χ0n) is 18.6. The highest BCUT2D eigenvalue weighted by Crippen LogP contribution is 2.45. The number of aliphatic hydroxyl groups excluding tert-OH is 1. The third-order valence-corrected chi connectivity index (χ3v) is 6.76. The van der Waals surface area contributed by atoms with E-state index in [2.05, 4.69) is 5.32 Å². The van der Waals surface area contributed by atoms with Crippen LogP contribution in [0.25, 0.3) is 0 Å². The van der Waals surface area contributed by atoms with Gasteiger partial charge in [-0.25, -0.2) is 9.29 Å². The van der Waals surface area contributed by atoms with E-state index in [1.165, 1.54) is 12.1 Å². The van der Waals surface area contributed by atoms with E-state index in [9.17, 15) is 14.3 Å². The van der Waals surface area contributed by atoms with Crippen LogP contribution in [-0.4, -0.2) is 52.6 Å². The number of halogens is 3. The van der Waals surface area contributed by atoms with Crippen LogP contribution in [0.1, 0.15) is 28.8 Å². The summed E-state index contributed by atoms with van der Waals surface area (Å²) in [7, 11) is 0. The van der Waals surface area contributed by atoms with Crippen LogP contribution in [0.2, 0.25) is 10.0 Å². The van der Waals surface area contributed by atoms with Gasteiger partial charge in [0.05, 0.1) is 12.6 Å². The van der Waals surface area contributed by atoms with Gasteiger partial charge >= 0.3 is 0 Å². The molecule has 5 rings (SSSR count). The van der Waals surface area contributed by atoms with Gasteiger partial charge in [-0.2, -0.15) is 0 Å². The molecule has 1 saturated heterocycles. The minimum absolute atomic E-state index is 0.0348. The summed E-state index contributed by atoms with van der Waals surface area (Å²) in [6, 6.07) is 19.8. The third kappa shape index (κ3) is 4.90. The molecule has 2 aliphatic heterocycles. The summed E-state index contributed by atoms with van der Waals surface area (Å²) >= 11 is 12.3. The van der Waals surface area contributed by atoms with Gasteiger partial charge in [0.25, 0.3) is 0 Å². The van der Waals surface area contributed by atoms with E-state index in [0.29, 0.717) is 34.5 Å². The molecule has 3 unspecified atom stereocenters. The first kappa shape index (κ1) is 23.8. The number of piperazine rings is 1. The van der Waals surface area contributed by atoms with Crippen LogP contribution in [0.3, 0.4) is 0 Å². The molecule has 3 aromatic carbocycles. The molecule has 1 amide bonds. The number of amidine groups is 1. The van der Waals surface area contributed by atoms with Gasteiger partial charge in [-0.15, -0.1) is 0 Å². The number of carbonyl (C=O) groups excluding carboxylic acids is 1. The number of rotatable bonds is 5. The summed E-state index contributed by atoms with van der Waals surface area (Å²) in [5, 5.41) is 15.6. The van der Waals surface area contributed by atoms with Crippen molar-refractivity contribution in [1.29, 1.82) is 0 Å². The molecule has 35 heavy (non-hydrogen) atoms. The second kappa shape index (κ2) is 9.95. The van der Waals surface area contributed by atoms with Crippen LogP contribution in [0.5, 0.6) is 0 Å². The molecule has 2 aliphatic rings. The number of aliphatic hydroxyl groups is 1. The van der Waals surface area contributed by atoms with Crippen molar-refractivity contribution >= 4 is 34.9 Å². The number of hydrogen-bond acceptors (Lipinski definition) is 5. The zero-order chi connectivity index (χ0) is 24.5. The van der Waals surface area contributed by atoms with E-state index in [-0.39, 0.29) is 18.3 Å². The molecule has 6 nitrogen and oxygen atoms in total. The minimum atomic E-state index is -1.18. The van der Waals surface area contributed by atoms with E-state index in [4.69, 9.17) is 28.2 Å². The summed E-state index contributed by atoms with van der Waals surface area (Å²) < 4.78 is 14.4. The van der Waals surface area contributed by atoms with Crippen molar-refractivity contribution in [2.24, 2.45) is 4.99 Å². The lowest BCUT2D eigenvalue weighted by atomic mass is 9.93. The van der Waals surface area contributed by atoms with Crippen molar-refractivity contribution < 1.29 is 14.3 Å². The van der Waals surface area contributed by atoms with Crippen molar-refractivity contribution in [2.45, 2.75) is 18.4 Å². The number of aliphatic imine (C=N–C) groups is 1. The number of benzene rings is 3. The van der Waals surface area contributed by atoms with Gasteiger partial charge in [0.2, 0.25) is 5.91 Å².